The molecule has 1 aromatic heterocycles. The predicted molar refractivity (Wildman–Crippen MR) is 89.7 cm³/mol. The summed E-state index contributed by atoms with van der Waals surface area (Å²) in [7, 11) is 0. The summed E-state index contributed by atoms with van der Waals surface area (Å²) in [6.07, 6.45) is 2.10. The van der Waals surface area contributed by atoms with E-state index in [4.69, 9.17) is 9.97 Å². The largest absolute Gasteiger partial charge is 0.369 e. The fraction of sp³-hybridized carbons (Fsp3) is 0.158. The SMILES string of the molecule is c1ccc(-c2nc3c(nc2-c2ccccc2)NCCC3)cc1. The molecule has 2 aromatic carbocycles. The molecular weight excluding hydrogens is 270 g/mol. The van der Waals surface area contributed by atoms with Crippen LogP contribution in [0.3, 0.4) is 0 Å². The summed E-state index contributed by atoms with van der Waals surface area (Å²) in [5, 5.41) is 3.38. The minimum atomic E-state index is 0.935. The number of anilines is 1. The van der Waals surface area contributed by atoms with Crippen molar-refractivity contribution in [3.05, 3.63) is 66.4 Å². The van der Waals surface area contributed by atoms with E-state index in [9.17, 15) is 0 Å². The molecule has 1 aliphatic rings. The van der Waals surface area contributed by atoms with Crippen LogP contribution in [0.15, 0.2) is 60.7 Å². The van der Waals surface area contributed by atoms with E-state index in [1.54, 1.807) is 0 Å². The van der Waals surface area contributed by atoms with Crippen LogP contribution in [0.25, 0.3) is 22.5 Å². The Labute approximate surface area is 130 Å². The summed E-state index contributed by atoms with van der Waals surface area (Å²) >= 11 is 0. The van der Waals surface area contributed by atoms with Gasteiger partial charge in [0, 0.05) is 17.7 Å². The molecule has 0 spiro atoms. The third kappa shape index (κ3) is 2.35. The fourth-order valence-electron chi connectivity index (χ4n) is 2.84. The average Bonchev–Trinajstić information content (AvgIpc) is 2.62. The minimum absolute atomic E-state index is 0.935. The number of nitrogens with zero attached hydrogens (tertiary/aromatic N) is 2. The molecule has 3 nitrogen and oxygen atoms in total. The van der Waals surface area contributed by atoms with Crippen LogP contribution in [0.2, 0.25) is 0 Å². The first-order valence-corrected chi connectivity index (χ1v) is 7.67. The maximum atomic E-state index is 4.93. The Hall–Kier alpha value is -2.68. The van der Waals surface area contributed by atoms with Crippen molar-refractivity contribution in [3.8, 4) is 22.5 Å². The molecule has 0 atom stereocenters. The second-order valence-electron chi connectivity index (χ2n) is 5.48. The molecule has 0 saturated carbocycles. The van der Waals surface area contributed by atoms with Crippen molar-refractivity contribution in [1.29, 1.82) is 0 Å². The fourth-order valence-corrected chi connectivity index (χ4v) is 2.84. The van der Waals surface area contributed by atoms with Gasteiger partial charge in [-0.1, -0.05) is 60.7 Å². The maximum absolute atomic E-state index is 4.93. The zero-order valence-corrected chi connectivity index (χ0v) is 12.3. The lowest BCUT2D eigenvalue weighted by molar-refractivity contribution is 0.790. The van der Waals surface area contributed by atoms with Crippen LogP contribution < -0.4 is 5.32 Å². The summed E-state index contributed by atoms with van der Waals surface area (Å²) in [6.45, 7) is 0.973. The maximum Gasteiger partial charge on any atom is 0.148 e. The normalized spacial score (nSPS) is 13.3. The van der Waals surface area contributed by atoms with Crippen LogP contribution >= 0.6 is 0 Å². The number of aromatic nitrogens is 2. The molecule has 0 amide bonds. The number of hydrogen-bond donors (Lipinski definition) is 1. The second-order valence-corrected chi connectivity index (χ2v) is 5.48. The van der Waals surface area contributed by atoms with E-state index >= 15 is 0 Å². The number of nitrogens with one attached hydrogen (secondary N) is 1. The number of fused-ring (bicyclic) bond motifs is 1. The van der Waals surface area contributed by atoms with Crippen molar-refractivity contribution in [2.45, 2.75) is 12.8 Å². The van der Waals surface area contributed by atoms with E-state index in [0.717, 1.165) is 53.4 Å². The van der Waals surface area contributed by atoms with Gasteiger partial charge in [0.15, 0.2) is 0 Å². The molecule has 0 aliphatic carbocycles. The summed E-state index contributed by atoms with van der Waals surface area (Å²) < 4.78 is 0. The lowest BCUT2D eigenvalue weighted by Gasteiger charge is -2.19. The third-order valence-corrected chi connectivity index (χ3v) is 3.95. The molecule has 3 aromatic rings. The Balaban J connectivity index is 1.95. The topological polar surface area (TPSA) is 37.8 Å². The quantitative estimate of drug-likeness (QED) is 0.768. The number of benzene rings is 2. The minimum Gasteiger partial charge on any atom is -0.369 e. The molecular formula is C19H17N3. The number of aryl methyl sites for hydroxylation is 1. The lowest BCUT2D eigenvalue weighted by Crippen LogP contribution is -2.16. The monoisotopic (exact) mass is 287 g/mol. The summed E-state index contributed by atoms with van der Waals surface area (Å²) in [5.41, 5.74) is 5.20. The van der Waals surface area contributed by atoms with Crippen LogP contribution in [-0.2, 0) is 6.42 Å². The lowest BCUT2D eigenvalue weighted by atomic mass is 10.0. The summed E-state index contributed by atoms with van der Waals surface area (Å²) in [4.78, 5) is 9.82. The molecule has 108 valence electrons. The van der Waals surface area contributed by atoms with Crippen LogP contribution in [-0.4, -0.2) is 16.5 Å². The highest BCUT2D eigenvalue weighted by molar-refractivity contribution is 5.79. The van der Waals surface area contributed by atoms with E-state index < -0.39 is 0 Å². The van der Waals surface area contributed by atoms with E-state index in [2.05, 4.69) is 29.6 Å². The first-order valence-electron chi connectivity index (χ1n) is 7.67. The van der Waals surface area contributed by atoms with Crippen LogP contribution in [0.4, 0.5) is 5.82 Å². The van der Waals surface area contributed by atoms with E-state index in [1.807, 2.05) is 36.4 Å². The van der Waals surface area contributed by atoms with Gasteiger partial charge < -0.3 is 5.32 Å². The molecule has 2 heterocycles. The highest BCUT2D eigenvalue weighted by Gasteiger charge is 2.18. The molecule has 0 fully saturated rings. The molecule has 0 saturated heterocycles. The van der Waals surface area contributed by atoms with Gasteiger partial charge in [0.1, 0.15) is 5.82 Å². The van der Waals surface area contributed by atoms with Gasteiger partial charge in [-0.15, -0.1) is 0 Å². The van der Waals surface area contributed by atoms with Crippen molar-refractivity contribution < 1.29 is 0 Å². The van der Waals surface area contributed by atoms with Crippen molar-refractivity contribution >= 4 is 5.82 Å². The second kappa shape index (κ2) is 5.60. The highest BCUT2D eigenvalue weighted by atomic mass is 15.0. The van der Waals surface area contributed by atoms with Gasteiger partial charge in [0.05, 0.1) is 17.1 Å². The van der Waals surface area contributed by atoms with Gasteiger partial charge in [-0.3, -0.25) is 0 Å². The van der Waals surface area contributed by atoms with Crippen LogP contribution in [0.1, 0.15) is 12.1 Å². The number of hydrogen-bond acceptors (Lipinski definition) is 3. The predicted octanol–water partition coefficient (Wildman–Crippen LogP) is 4.17. The van der Waals surface area contributed by atoms with Crippen molar-refractivity contribution in [3.63, 3.8) is 0 Å². The first kappa shape index (κ1) is 13.0. The standard InChI is InChI=1S/C19H17N3/c1-3-8-14(9-4-1)17-18(15-10-5-2-6-11-15)22-19-16(21-17)12-7-13-20-19/h1-6,8-11H,7,12-13H2,(H,20,22). The van der Waals surface area contributed by atoms with E-state index in [0.29, 0.717) is 0 Å². The number of rotatable bonds is 2. The van der Waals surface area contributed by atoms with Gasteiger partial charge >= 0.3 is 0 Å². The van der Waals surface area contributed by atoms with Gasteiger partial charge in [0.2, 0.25) is 0 Å². The Kier molecular flexibility index (Phi) is 3.31. The van der Waals surface area contributed by atoms with Crippen molar-refractivity contribution in [2.75, 3.05) is 11.9 Å². The van der Waals surface area contributed by atoms with E-state index in [1.165, 1.54) is 0 Å². The van der Waals surface area contributed by atoms with E-state index in [-0.39, 0.29) is 0 Å². The molecule has 0 unspecified atom stereocenters. The molecule has 1 N–H and O–H groups in total. The molecule has 0 bridgehead atoms. The smallest absolute Gasteiger partial charge is 0.148 e. The third-order valence-electron chi connectivity index (χ3n) is 3.95. The van der Waals surface area contributed by atoms with Gasteiger partial charge in [-0.05, 0) is 12.8 Å². The Bertz CT molecular complexity index is 714. The Morgan fingerprint density at radius 2 is 1.32 bits per heavy atom. The van der Waals surface area contributed by atoms with Crippen molar-refractivity contribution in [1.82, 2.24) is 9.97 Å². The molecule has 4 rings (SSSR count). The van der Waals surface area contributed by atoms with Gasteiger partial charge in [-0.2, -0.15) is 0 Å². The summed E-state index contributed by atoms with van der Waals surface area (Å²) in [6, 6.07) is 20.6. The van der Waals surface area contributed by atoms with Gasteiger partial charge in [-0.25, -0.2) is 9.97 Å². The Morgan fingerprint density at radius 1 is 0.727 bits per heavy atom. The summed E-state index contributed by atoms with van der Waals surface area (Å²) in [5.74, 6) is 0.935. The zero-order chi connectivity index (χ0) is 14.8. The van der Waals surface area contributed by atoms with Crippen LogP contribution in [0.5, 0.6) is 0 Å². The first-order chi connectivity index (χ1) is 10.9. The highest BCUT2D eigenvalue weighted by Crippen LogP contribution is 2.32. The van der Waals surface area contributed by atoms with Crippen molar-refractivity contribution in [2.24, 2.45) is 0 Å². The molecule has 1 aliphatic heterocycles. The molecule has 3 heteroatoms. The zero-order valence-electron chi connectivity index (χ0n) is 12.3. The van der Waals surface area contributed by atoms with Gasteiger partial charge in [0.25, 0.3) is 0 Å². The van der Waals surface area contributed by atoms with Crippen LogP contribution in [0, 0.1) is 0 Å². The average molecular weight is 287 g/mol. The Morgan fingerprint density at radius 3 is 1.95 bits per heavy atom. The molecule has 0 radical (unpaired) electrons. The molecule has 22 heavy (non-hydrogen) atoms.